The molecule has 5 heteroatoms. The minimum absolute atomic E-state index is 0.0954. The fourth-order valence-electron chi connectivity index (χ4n) is 2.63. The maximum absolute atomic E-state index is 11.3. The normalized spacial score (nSPS) is 21.8. The van der Waals surface area contributed by atoms with Crippen molar-refractivity contribution in [1.82, 2.24) is 5.32 Å². The highest BCUT2D eigenvalue weighted by atomic mass is 16.5. The minimum atomic E-state index is -0.0954. The van der Waals surface area contributed by atoms with Gasteiger partial charge >= 0.3 is 0 Å². The maximum atomic E-state index is 11.3. The van der Waals surface area contributed by atoms with Crippen molar-refractivity contribution in [3.8, 4) is 5.75 Å². The lowest BCUT2D eigenvalue weighted by Gasteiger charge is -2.22. The number of nitrogens with one attached hydrogen (secondary N) is 2. The number of hydrogen-bond donors (Lipinski definition) is 2. The van der Waals surface area contributed by atoms with E-state index >= 15 is 0 Å². The molecule has 1 aromatic carbocycles. The lowest BCUT2D eigenvalue weighted by Crippen LogP contribution is -2.29. The SMILES string of the molecule is O=C1COc2ccc(CNCC3CCCOC3)cc2N1. The predicted octanol–water partition coefficient (Wildman–Crippen LogP) is 1.53. The molecule has 20 heavy (non-hydrogen) atoms. The lowest BCUT2D eigenvalue weighted by molar-refractivity contribution is -0.118. The Bertz CT molecular complexity index is 484. The molecule has 0 bridgehead atoms. The van der Waals surface area contributed by atoms with Crippen molar-refractivity contribution in [1.29, 1.82) is 0 Å². The van der Waals surface area contributed by atoms with E-state index in [1.165, 1.54) is 6.42 Å². The average molecular weight is 276 g/mol. The Kier molecular flexibility index (Phi) is 4.18. The van der Waals surface area contributed by atoms with Gasteiger partial charge in [-0.05, 0) is 36.5 Å². The summed E-state index contributed by atoms with van der Waals surface area (Å²) in [7, 11) is 0. The van der Waals surface area contributed by atoms with Gasteiger partial charge in [-0.25, -0.2) is 0 Å². The second-order valence-corrected chi connectivity index (χ2v) is 5.38. The average Bonchev–Trinajstić information content (AvgIpc) is 2.48. The summed E-state index contributed by atoms with van der Waals surface area (Å²) in [6.45, 7) is 3.63. The van der Waals surface area contributed by atoms with E-state index in [0.717, 1.165) is 49.7 Å². The van der Waals surface area contributed by atoms with Crippen molar-refractivity contribution in [3.63, 3.8) is 0 Å². The number of ether oxygens (including phenoxy) is 2. The molecule has 1 unspecified atom stereocenters. The molecule has 2 N–H and O–H groups in total. The molecule has 1 aromatic rings. The third-order valence-corrected chi connectivity index (χ3v) is 3.69. The Morgan fingerprint density at radius 2 is 2.35 bits per heavy atom. The van der Waals surface area contributed by atoms with Gasteiger partial charge in [-0.1, -0.05) is 6.07 Å². The smallest absolute Gasteiger partial charge is 0.262 e. The van der Waals surface area contributed by atoms with Crippen LogP contribution in [0, 0.1) is 5.92 Å². The summed E-state index contributed by atoms with van der Waals surface area (Å²) in [5.74, 6) is 1.26. The van der Waals surface area contributed by atoms with Crippen molar-refractivity contribution in [2.75, 3.05) is 31.7 Å². The first-order chi connectivity index (χ1) is 9.81. The molecule has 108 valence electrons. The third kappa shape index (κ3) is 3.29. The molecule has 1 amide bonds. The molecule has 0 spiro atoms. The van der Waals surface area contributed by atoms with E-state index < -0.39 is 0 Å². The van der Waals surface area contributed by atoms with Crippen LogP contribution in [0.3, 0.4) is 0 Å². The Labute approximate surface area is 118 Å². The van der Waals surface area contributed by atoms with Crippen LogP contribution in [0.15, 0.2) is 18.2 Å². The highest BCUT2D eigenvalue weighted by Crippen LogP contribution is 2.28. The number of benzene rings is 1. The van der Waals surface area contributed by atoms with Crippen molar-refractivity contribution in [2.45, 2.75) is 19.4 Å². The summed E-state index contributed by atoms with van der Waals surface area (Å²) < 4.78 is 10.8. The zero-order chi connectivity index (χ0) is 13.8. The number of hydrogen-bond acceptors (Lipinski definition) is 4. The first-order valence-electron chi connectivity index (χ1n) is 7.15. The first-order valence-corrected chi connectivity index (χ1v) is 7.15. The Morgan fingerprint density at radius 1 is 1.40 bits per heavy atom. The topological polar surface area (TPSA) is 59.6 Å². The van der Waals surface area contributed by atoms with Crippen LogP contribution in [0.5, 0.6) is 5.75 Å². The van der Waals surface area contributed by atoms with Crippen LogP contribution in [-0.2, 0) is 16.1 Å². The molecule has 3 rings (SSSR count). The van der Waals surface area contributed by atoms with Gasteiger partial charge in [0.15, 0.2) is 6.61 Å². The number of rotatable bonds is 4. The molecule has 0 saturated carbocycles. The largest absolute Gasteiger partial charge is 0.482 e. The van der Waals surface area contributed by atoms with Gasteiger partial charge in [0.25, 0.3) is 5.91 Å². The van der Waals surface area contributed by atoms with E-state index in [9.17, 15) is 4.79 Å². The number of carbonyl (C=O) groups excluding carboxylic acids is 1. The summed E-state index contributed by atoms with van der Waals surface area (Å²) in [4.78, 5) is 11.3. The van der Waals surface area contributed by atoms with E-state index in [0.29, 0.717) is 5.92 Å². The highest BCUT2D eigenvalue weighted by molar-refractivity contribution is 5.95. The number of anilines is 1. The third-order valence-electron chi connectivity index (χ3n) is 3.69. The van der Waals surface area contributed by atoms with E-state index in [-0.39, 0.29) is 12.5 Å². The Morgan fingerprint density at radius 3 is 3.20 bits per heavy atom. The van der Waals surface area contributed by atoms with Crippen LogP contribution < -0.4 is 15.4 Å². The van der Waals surface area contributed by atoms with Crippen molar-refractivity contribution in [3.05, 3.63) is 23.8 Å². The van der Waals surface area contributed by atoms with Gasteiger partial charge in [0.2, 0.25) is 0 Å². The predicted molar refractivity (Wildman–Crippen MR) is 75.8 cm³/mol. The van der Waals surface area contributed by atoms with E-state index in [2.05, 4.69) is 10.6 Å². The van der Waals surface area contributed by atoms with Crippen LogP contribution in [0.1, 0.15) is 18.4 Å². The van der Waals surface area contributed by atoms with Crippen LogP contribution in [-0.4, -0.2) is 32.3 Å². The van der Waals surface area contributed by atoms with Crippen molar-refractivity contribution < 1.29 is 14.3 Å². The highest BCUT2D eigenvalue weighted by Gasteiger charge is 2.16. The van der Waals surface area contributed by atoms with Crippen LogP contribution in [0.25, 0.3) is 0 Å². The van der Waals surface area contributed by atoms with Crippen LogP contribution in [0.2, 0.25) is 0 Å². The fraction of sp³-hybridized carbons (Fsp3) is 0.533. The van der Waals surface area contributed by atoms with E-state index in [4.69, 9.17) is 9.47 Å². The molecular weight excluding hydrogens is 256 g/mol. The molecule has 1 fully saturated rings. The monoisotopic (exact) mass is 276 g/mol. The van der Waals surface area contributed by atoms with Crippen LogP contribution in [0.4, 0.5) is 5.69 Å². The molecule has 1 atom stereocenters. The molecule has 1 saturated heterocycles. The molecule has 2 aliphatic rings. The molecular formula is C15H20N2O3. The molecule has 2 aliphatic heterocycles. The van der Waals surface area contributed by atoms with Gasteiger partial charge in [0, 0.05) is 19.7 Å². The van der Waals surface area contributed by atoms with Gasteiger partial charge in [0.1, 0.15) is 5.75 Å². The molecule has 2 heterocycles. The zero-order valence-corrected chi connectivity index (χ0v) is 11.5. The zero-order valence-electron chi connectivity index (χ0n) is 11.5. The van der Waals surface area contributed by atoms with Gasteiger partial charge in [-0.15, -0.1) is 0 Å². The standard InChI is InChI=1S/C15H20N2O3/c18-15-10-20-14-4-3-11(6-13(14)17-15)7-16-8-12-2-1-5-19-9-12/h3-4,6,12,16H,1-2,5,7-10H2,(H,17,18). The second-order valence-electron chi connectivity index (χ2n) is 5.38. The summed E-state index contributed by atoms with van der Waals surface area (Å²) in [5, 5.41) is 6.28. The quantitative estimate of drug-likeness (QED) is 0.875. The summed E-state index contributed by atoms with van der Waals surface area (Å²) in [6.07, 6.45) is 2.40. The first kappa shape index (κ1) is 13.4. The van der Waals surface area contributed by atoms with Crippen molar-refractivity contribution in [2.24, 2.45) is 5.92 Å². The van der Waals surface area contributed by atoms with Crippen LogP contribution >= 0.6 is 0 Å². The summed E-state index contributed by atoms with van der Waals surface area (Å²) in [6, 6.07) is 5.91. The number of amides is 1. The second kappa shape index (κ2) is 6.24. The van der Waals surface area contributed by atoms with Gasteiger partial charge in [0.05, 0.1) is 12.3 Å². The van der Waals surface area contributed by atoms with Gasteiger partial charge < -0.3 is 20.1 Å². The number of carbonyl (C=O) groups is 1. The van der Waals surface area contributed by atoms with Crippen molar-refractivity contribution >= 4 is 11.6 Å². The molecule has 0 aliphatic carbocycles. The Hall–Kier alpha value is -1.59. The van der Waals surface area contributed by atoms with E-state index in [1.807, 2.05) is 18.2 Å². The Balaban J connectivity index is 1.52. The molecule has 0 radical (unpaired) electrons. The number of fused-ring (bicyclic) bond motifs is 1. The van der Waals surface area contributed by atoms with E-state index in [1.54, 1.807) is 0 Å². The fourth-order valence-corrected chi connectivity index (χ4v) is 2.63. The van der Waals surface area contributed by atoms with Gasteiger partial charge in [-0.2, -0.15) is 0 Å². The molecule has 5 nitrogen and oxygen atoms in total. The molecule has 0 aromatic heterocycles. The summed E-state index contributed by atoms with van der Waals surface area (Å²) in [5.41, 5.74) is 1.91. The van der Waals surface area contributed by atoms with Gasteiger partial charge in [-0.3, -0.25) is 4.79 Å². The maximum Gasteiger partial charge on any atom is 0.262 e. The minimum Gasteiger partial charge on any atom is -0.482 e. The summed E-state index contributed by atoms with van der Waals surface area (Å²) >= 11 is 0. The lowest BCUT2D eigenvalue weighted by atomic mass is 10.0.